The second-order valence-corrected chi connectivity index (χ2v) is 6.52. The Labute approximate surface area is 150 Å². The zero-order valence-corrected chi connectivity index (χ0v) is 15.2. The normalized spacial score (nSPS) is 12.2. The van der Waals surface area contributed by atoms with E-state index in [0.29, 0.717) is 30.6 Å². The van der Waals surface area contributed by atoms with Gasteiger partial charge in [0.25, 0.3) is 0 Å². The van der Waals surface area contributed by atoms with E-state index in [1.165, 1.54) is 0 Å². The van der Waals surface area contributed by atoms with E-state index in [9.17, 15) is 5.11 Å². The highest BCUT2D eigenvalue weighted by molar-refractivity contribution is 5.43. The summed E-state index contributed by atoms with van der Waals surface area (Å²) in [6, 6.07) is 9.87. The second kappa shape index (κ2) is 10.0. The van der Waals surface area contributed by atoms with Crippen LogP contribution in [0.3, 0.4) is 0 Å². The number of hydrogen-bond donors (Lipinski definition) is 2. The van der Waals surface area contributed by atoms with Crippen molar-refractivity contribution in [3.8, 4) is 11.5 Å². The highest BCUT2D eigenvalue weighted by atomic mass is 16.5. The van der Waals surface area contributed by atoms with Gasteiger partial charge < -0.3 is 19.9 Å². The Morgan fingerprint density at radius 2 is 1.84 bits per heavy atom. The van der Waals surface area contributed by atoms with Gasteiger partial charge in [-0.25, -0.2) is 0 Å². The monoisotopic (exact) mass is 344 g/mol. The zero-order valence-electron chi connectivity index (χ0n) is 15.2. The molecule has 0 saturated carbocycles. The molecule has 1 atom stereocenters. The van der Waals surface area contributed by atoms with E-state index in [-0.39, 0.29) is 12.6 Å². The fraction of sp³-hybridized carbons (Fsp3) is 0.450. The molecule has 25 heavy (non-hydrogen) atoms. The Bertz CT molecular complexity index is 632. The Morgan fingerprint density at radius 1 is 1.08 bits per heavy atom. The molecule has 0 fully saturated rings. The minimum absolute atomic E-state index is 0.105. The zero-order chi connectivity index (χ0) is 18.1. The first kappa shape index (κ1) is 19.2. The number of pyridine rings is 1. The average Bonchev–Trinajstić information content (AvgIpc) is 2.64. The van der Waals surface area contributed by atoms with Gasteiger partial charge in [-0.2, -0.15) is 0 Å². The van der Waals surface area contributed by atoms with Crippen LogP contribution in [0.15, 0.2) is 42.7 Å². The van der Waals surface area contributed by atoms with Crippen molar-refractivity contribution in [2.45, 2.75) is 39.5 Å². The van der Waals surface area contributed by atoms with Crippen LogP contribution in [0, 0.1) is 5.92 Å². The summed E-state index contributed by atoms with van der Waals surface area (Å²) in [4.78, 5) is 4.00. The van der Waals surface area contributed by atoms with Crippen LogP contribution in [0.25, 0.3) is 0 Å². The smallest absolute Gasteiger partial charge is 0.161 e. The van der Waals surface area contributed by atoms with Crippen molar-refractivity contribution in [3.05, 3.63) is 53.9 Å². The number of nitrogens with one attached hydrogen (secondary N) is 1. The molecule has 2 rings (SSSR count). The predicted octanol–water partition coefficient (Wildman–Crippen LogP) is 3.17. The first-order chi connectivity index (χ1) is 12.1. The van der Waals surface area contributed by atoms with Crippen molar-refractivity contribution in [1.82, 2.24) is 10.3 Å². The number of aromatic nitrogens is 1. The van der Waals surface area contributed by atoms with Crippen LogP contribution < -0.4 is 14.8 Å². The third kappa shape index (κ3) is 6.36. The van der Waals surface area contributed by atoms with Crippen LogP contribution in [0.1, 0.15) is 31.4 Å². The van der Waals surface area contributed by atoms with Gasteiger partial charge >= 0.3 is 0 Å². The number of aliphatic hydroxyl groups excluding tert-OH is 1. The molecule has 136 valence electrons. The summed E-state index contributed by atoms with van der Waals surface area (Å²) >= 11 is 0. The summed E-state index contributed by atoms with van der Waals surface area (Å²) in [7, 11) is 1.64. The van der Waals surface area contributed by atoms with Gasteiger partial charge in [-0.05, 0) is 47.7 Å². The van der Waals surface area contributed by atoms with Gasteiger partial charge in [-0.15, -0.1) is 0 Å². The maximum absolute atomic E-state index is 9.46. The summed E-state index contributed by atoms with van der Waals surface area (Å²) in [6.45, 7) is 5.60. The molecule has 1 aromatic carbocycles. The molecule has 0 aliphatic heterocycles. The molecule has 2 N–H and O–H groups in total. The van der Waals surface area contributed by atoms with Crippen molar-refractivity contribution in [3.63, 3.8) is 0 Å². The number of methoxy groups -OCH3 is 1. The number of ether oxygens (including phenoxy) is 2. The van der Waals surface area contributed by atoms with E-state index >= 15 is 0 Å². The molecule has 0 saturated heterocycles. The molecule has 5 heteroatoms. The van der Waals surface area contributed by atoms with E-state index in [1.54, 1.807) is 19.5 Å². The molecule has 0 bridgehead atoms. The molecule has 2 aromatic rings. The van der Waals surface area contributed by atoms with Crippen molar-refractivity contribution in [2.75, 3.05) is 13.7 Å². The fourth-order valence-electron chi connectivity index (χ4n) is 2.63. The lowest BCUT2D eigenvalue weighted by molar-refractivity contribution is 0.223. The van der Waals surface area contributed by atoms with E-state index in [4.69, 9.17) is 9.47 Å². The lowest BCUT2D eigenvalue weighted by atomic mass is 10.0. The molecular weight excluding hydrogens is 316 g/mol. The molecular formula is C20H28N2O3. The summed E-state index contributed by atoms with van der Waals surface area (Å²) in [6.07, 6.45) is 4.44. The van der Waals surface area contributed by atoms with Gasteiger partial charge in [-0.3, -0.25) is 4.98 Å². The Balaban J connectivity index is 1.96. The maximum Gasteiger partial charge on any atom is 0.161 e. The first-order valence-corrected chi connectivity index (χ1v) is 8.65. The highest BCUT2D eigenvalue weighted by Crippen LogP contribution is 2.29. The van der Waals surface area contributed by atoms with Crippen molar-refractivity contribution in [1.29, 1.82) is 0 Å². The van der Waals surface area contributed by atoms with Crippen LogP contribution in [0.4, 0.5) is 0 Å². The van der Waals surface area contributed by atoms with Crippen LogP contribution in [0.2, 0.25) is 0 Å². The van der Waals surface area contributed by atoms with Gasteiger partial charge in [0.1, 0.15) is 6.61 Å². The molecule has 0 amide bonds. The number of aliphatic hydroxyl groups is 1. The lowest BCUT2D eigenvalue weighted by Gasteiger charge is -2.19. The van der Waals surface area contributed by atoms with Crippen LogP contribution in [0.5, 0.6) is 11.5 Å². The largest absolute Gasteiger partial charge is 0.493 e. The molecule has 0 radical (unpaired) electrons. The Kier molecular flexibility index (Phi) is 7.70. The number of benzene rings is 1. The predicted molar refractivity (Wildman–Crippen MR) is 98.7 cm³/mol. The summed E-state index contributed by atoms with van der Waals surface area (Å²) in [5.41, 5.74) is 2.15. The van der Waals surface area contributed by atoms with Crippen molar-refractivity contribution >= 4 is 0 Å². The number of rotatable bonds is 10. The molecule has 1 unspecified atom stereocenters. The summed E-state index contributed by atoms with van der Waals surface area (Å²) < 4.78 is 11.3. The minimum atomic E-state index is 0.105. The standard InChI is InChI=1S/C20H28N2O3/c1-15(2)10-18(13-23)22-12-17-4-5-19(20(11-17)24-3)25-14-16-6-8-21-9-7-16/h4-9,11,15,18,22-23H,10,12-14H2,1-3H3. The summed E-state index contributed by atoms with van der Waals surface area (Å²) in [5.74, 6) is 1.96. The van der Waals surface area contributed by atoms with Crippen LogP contribution >= 0.6 is 0 Å². The SMILES string of the molecule is COc1cc(CNC(CO)CC(C)C)ccc1OCc1ccncc1. The Hall–Kier alpha value is -2.11. The van der Waals surface area contributed by atoms with Gasteiger partial charge in [0.05, 0.1) is 13.7 Å². The quantitative estimate of drug-likeness (QED) is 0.693. The number of hydrogen-bond acceptors (Lipinski definition) is 5. The van der Waals surface area contributed by atoms with Crippen LogP contribution in [-0.2, 0) is 13.2 Å². The molecule has 1 heterocycles. The third-order valence-electron chi connectivity index (χ3n) is 3.94. The van der Waals surface area contributed by atoms with E-state index in [2.05, 4.69) is 24.1 Å². The lowest BCUT2D eigenvalue weighted by Crippen LogP contribution is -2.33. The highest BCUT2D eigenvalue weighted by Gasteiger charge is 2.11. The van der Waals surface area contributed by atoms with Gasteiger partial charge in [-0.1, -0.05) is 19.9 Å². The Morgan fingerprint density at radius 3 is 2.48 bits per heavy atom. The summed E-state index contributed by atoms with van der Waals surface area (Å²) in [5, 5.41) is 12.9. The third-order valence-corrected chi connectivity index (χ3v) is 3.94. The van der Waals surface area contributed by atoms with E-state index < -0.39 is 0 Å². The van der Waals surface area contributed by atoms with E-state index in [0.717, 1.165) is 17.5 Å². The molecule has 1 aromatic heterocycles. The second-order valence-electron chi connectivity index (χ2n) is 6.52. The van der Waals surface area contributed by atoms with E-state index in [1.807, 2.05) is 30.3 Å². The van der Waals surface area contributed by atoms with Crippen molar-refractivity contribution in [2.24, 2.45) is 5.92 Å². The van der Waals surface area contributed by atoms with Crippen molar-refractivity contribution < 1.29 is 14.6 Å². The maximum atomic E-state index is 9.46. The molecule has 0 spiro atoms. The average molecular weight is 344 g/mol. The van der Waals surface area contributed by atoms with Gasteiger partial charge in [0.15, 0.2) is 11.5 Å². The number of nitrogens with zero attached hydrogens (tertiary/aromatic N) is 1. The fourth-order valence-corrected chi connectivity index (χ4v) is 2.63. The van der Waals surface area contributed by atoms with Crippen LogP contribution in [-0.4, -0.2) is 29.8 Å². The first-order valence-electron chi connectivity index (χ1n) is 8.65. The molecule has 0 aliphatic carbocycles. The topological polar surface area (TPSA) is 63.6 Å². The molecule has 0 aliphatic rings. The molecule has 5 nitrogen and oxygen atoms in total. The minimum Gasteiger partial charge on any atom is -0.493 e. The van der Waals surface area contributed by atoms with Gasteiger partial charge in [0, 0.05) is 25.0 Å². The van der Waals surface area contributed by atoms with Gasteiger partial charge in [0.2, 0.25) is 0 Å².